The van der Waals surface area contributed by atoms with E-state index in [0.717, 1.165) is 16.3 Å². The molecule has 0 amide bonds. The first-order valence-corrected chi connectivity index (χ1v) is 4.49. The summed E-state index contributed by atoms with van der Waals surface area (Å²) in [6.45, 7) is 1.97. The summed E-state index contributed by atoms with van der Waals surface area (Å²) in [5.41, 5.74) is 1.05. The fourth-order valence-corrected chi connectivity index (χ4v) is 1.69. The van der Waals surface area contributed by atoms with E-state index in [1.807, 2.05) is 31.2 Å². The first-order valence-electron chi connectivity index (χ1n) is 4.49. The van der Waals surface area contributed by atoms with E-state index in [-0.39, 0.29) is 5.75 Å². The highest BCUT2D eigenvalue weighted by Gasteiger charge is 2.07. The zero-order chi connectivity index (χ0) is 10.1. The van der Waals surface area contributed by atoms with Crippen molar-refractivity contribution in [2.24, 2.45) is 0 Å². The zero-order valence-electron chi connectivity index (χ0n) is 8.24. The SMILES string of the molecule is COc1ccc2cccc(C)c2c1O. The monoisotopic (exact) mass is 188 g/mol. The lowest BCUT2D eigenvalue weighted by molar-refractivity contribution is 0.376. The molecule has 2 aromatic rings. The Balaban J connectivity index is 2.86. The Morgan fingerprint density at radius 1 is 1.14 bits per heavy atom. The first-order chi connectivity index (χ1) is 6.74. The van der Waals surface area contributed by atoms with Crippen LogP contribution in [0.1, 0.15) is 5.56 Å². The molecule has 72 valence electrons. The first kappa shape index (κ1) is 8.88. The van der Waals surface area contributed by atoms with Gasteiger partial charge in [0.05, 0.1) is 7.11 Å². The topological polar surface area (TPSA) is 29.5 Å². The van der Waals surface area contributed by atoms with Gasteiger partial charge in [-0.3, -0.25) is 0 Å². The summed E-state index contributed by atoms with van der Waals surface area (Å²) >= 11 is 0. The van der Waals surface area contributed by atoms with E-state index < -0.39 is 0 Å². The van der Waals surface area contributed by atoms with Crippen molar-refractivity contribution >= 4 is 10.8 Å². The van der Waals surface area contributed by atoms with Gasteiger partial charge < -0.3 is 9.84 Å². The maximum absolute atomic E-state index is 9.91. The van der Waals surface area contributed by atoms with Crippen LogP contribution < -0.4 is 4.74 Å². The van der Waals surface area contributed by atoms with Gasteiger partial charge in [0.15, 0.2) is 11.5 Å². The van der Waals surface area contributed by atoms with Crippen molar-refractivity contribution in [2.45, 2.75) is 6.92 Å². The van der Waals surface area contributed by atoms with E-state index in [9.17, 15) is 5.11 Å². The second-order valence-corrected chi connectivity index (χ2v) is 3.29. The molecule has 0 aliphatic carbocycles. The third-order valence-electron chi connectivity index (χ3n) is 2.41. The smallest absolute Gasteiger partial charge is 0.165 e. The molecule has 2 aromatic carbocycles. The maximum atomic E-state index is 9.91. The van der Waals surface area contributed by atoms with Crippen LogP contribution in [-0.2, 0) is 0 Å². The molecule has 0 aromatic heterocycles. The molecule has 2 heteroatoms. The van der Waals surface area contributed by atoms with Gasteiger partial charge in [-0.25, -0.2) is 0 Å². The fourth-order valence-electron chi connectivity index (χ4n) is 1.69. The molecule has 0 fully saturated rings. The Kier molecular flexibility index (Phi) is 2.04. The number of ether oxygens (including phenoxy) is 1. The number of aromatic hydroxyl groups is 1. The summed E-state index contributed by atoms with van der Waals surface area (Å²) in [6, 6.07) is 9.64. The van der Waals surface area contributed by atoms with Crippen LogP contribution in [0.15, 0.2) is 30.3 Å². The highest BCUT2D eigenvalue weighted by molar-refractivity contribution is 5.93. The van der Waals surface area contributed by atoms with Crippen molar-refractivity contribution in [1.29, 1.82) is 0 Å². The summed E-state index contributed by atoms with van der Waals surface area (Å²) in [6.07, 6.45) is 0. The second kappa shape index (κ2) is 3.22. The lowest BCUT2D eigenvalue weighted by Gasteiger charge is -2.08. The minimum Gasteiger partial charge on any atom is -0.504 e. The van der Waals surface area contributed by atoms with Crippen LogP contribution >= 0.6 is 0 Å². The Morgan fingerprint density at radius 2 is 1.93 bits per heavy atom. The van der Waals surface area contributed by atoms with E-state index in [1.54, 1.807) is 13.2 Å². The van der Waals surface area contributed by atoms with Crippen LogP contribution in [0.25, 0.3) is 10.8 Å². The third-order valence-corrected chi connectivity index (χ3v) is 2.41. The molecular formula is C12H12O2. The Morgan fingerprint density at radius 3 is 2.64 bits per heavy atom. The molecule has 2 nitrogen and oxygen atoms in total. The molecule has 0 spiro atoms. The highest BCUT2D eigenvalue weighted by Crippen LogP contribution is 2.35. The molecule has 0 radical (unpaired) electrons. The molecule has 14 heavy (non-hydrogen) atoms. The summed E-state index contributed by atoms with van der Waals surface area (Å²) < 4.78 is 5.06. The molecule has 1 N–H and O–H groups in total. The second-order valence-electron chi connectivity index (χ2n) is 3.29. The Hall–Kier alpha value is -1.70. The molecule has 0 saturated carbocycles. The number of aryl methyl sites for hydroxylation is 1. The van der Waals surface area contributed by atoms with Gasteiger partial charge in [0.25, 0.3) is 0 Å². The standard InChI is InChI=1S/C12H12O2/c1-8-4-3-5-9-6-7-10(14-2)12(13)11(8)9/h3-7,13H,1-2H3. The molecular weight excluding hydrogens is 176 g/mol. The number of phenols is 1. The predicted octanol–water partition coefficient (Wildman–Crippen LogP) is 2.86. The molecule has 0 bridgehead atoms. The number of phenolic OH excluding ortho intramolecular Hbond substituents is 1. The number of benzene rings is 2. The molecule has 0 atom stereocenters. The van der Waals surface area contributed by atoms with Crippen molar-refractivity contribution in [2.75, 3.05) is 7.11 Å². The average molecular weight is 188 g/mol. The molecule has 0 aliphatic rings. The van der Waals surface area contributed by atoms with Crippen LogP contribution in [-0.4, -0.2) is 12.2 Å². The number of hydrogen-bond donors (Lipinski definition) is 1. The van der Waals surface area contributed by atoms with E-state index in [2.05, 4.69) is 0 Å². The molecule has 0 heterocycles. The van der Waals surface area contributed by atoms with Crippen LogP contribution in [0.4, 0.5) is 0 Å². The minimum atomic E-state index is 0.225. The van der Waals surface area contributed by atoms with Gasteiger partial charge in [-0.05, 0) is 23.9 Å². The van der Waals surface area contributed by atoms with Crippen LogP contribution in [0.3, 0.4) is 0 Å². The Bertz CT molecular complexity index is 475. The molecule has 0 saturated heterocycles. The lowest BCUT2D eigenvalue weighted by atomic mass is 10.0. The van der Waals surface area contributed by atoms with Gasteiger partial charge in [0.2, 0.25) is 0 Å². The Labute approximate surface area is 82.8 Å². The third kappa shape index (κ3) is 1.20. The van der Waals surface area contributed by atoms with Crippen molar-refractivity contribution in [1.82, 2.24) is 0 Å². The maximum Gasteiger partial charge on any atom is 0.165 e. The zero-order valence-corrected chi connectivity index (χ0v) is 8.24. The highest BCUT2D eigenvalue weighted by atomic mass is 16.5. The van der Waals surface area contributed by atoms with Gasteiger partial charge in [-0.15, -0.1) is 0 Å². The average Bonchev–Trinajstić information content (AvgIpc) is 2.18. The van der Waals surface area contributed by atoms with Crippen LogP contribution in [0.5, 0.6) is 11.5 Å². The van der Waals surface area contributed by atoms with E-state index in [0.29, 0.717) is 5.75 Å². The summed E-state index contributed by atoms with van der Waals surface area (Å²) in [7, 11) is 1.55. The predicted molar refractivity (Wildman–Crippen MR) is 56.9 cm³/mol. The number of rotatable bonds is 1. The van der Waals surface area contributed by atoms with Gasteiger partial charge in [-0.1, -0.05) is 24.3 Å². The van der Waals surface area contributed by atoms with Crippen LogP contribution in [0.2, 0.25) is 0 Å². The van der Waals surface area contributed by atoms with Crippen molar-refractivity contribution in [3.8, 4) is 11.5 Å². The normalized spacial score (nSPS) is 10.4. The lowest BCUT2D eigenvalue weighted by Crippen LogP contribution is -1.86. The molecule has 2 rings (SSSR count). The minimum absolute atomic E-state index is 0.225. The number of fused-ring (bicyclic) bond motifs is 1. The van der Waals surface area contributed by atoms with Gasteiger partial charge >= 0.3 is 0 Å². The van der Waals surface area contributed by atoms with Crippen molar-refractivity contribution in [3.05, 3.63) is 35.9 Å². The molecule has 0 unspecified atom stereocenters. The molecule has 0 aliphatic heterocycles. The largest absolute Gasteiger partial charge is 0.504 e. The van der Waals surface area contributed by atoms with E-state index in [4.69, 9.17) is 4.74 Å². The van der Waals surface area contributed by atoms with Crippen molar-refractivity contribution < 1.29 is 9.84 Å². The van der Waals surface area contributed by atoms with E-state index in [1.165, 1.54) is 0 Å². The number of methoxy groups -OCH3 is 1. The number of hydrogen-bond acceptors (Lipinski definition) is 2. The van der Waals surface area contributed by atoms with Gasteiger partial charge in [0.1, 0.15) is 0 Å². The van der Waals surface area contributed by atoms with Gasteiger partial charge in [-0.2, -0.15) is 0 Å². The van der Waals surface area contributed by atoms with E-state index >= 15 is 0 Å². The van der Waals surface area contributed by atoms with Crippen LogP contribution in [0, 0.1) is 6.92 Å². The quantitative estimate of drug-likeness (QED) is 0.745. The van der Waals surface area contributed by atoms with Crippen molar-refractivity contribution in [3.63, 3.8) is 0 Å². The fraction of sp³-hybridized carbons (Fsp3) is 0.167. The summed E-state index contributed by atoms with van der Waals surface area (Å²) in [5, 5.41) is 11.8. The summed E-state index contributed by atoms with van der Waals surface area (Å²) in [4.78, 5) is 0. The summed E-state index contributed by atoms with van der Waals surface area (Å²) in [5.74, 6) is 0.745. The van der Waals surface area contributed by atoms with Gasteiger partial charge in [0, 0.05) is 5.39 Å².